The van der Waals surface area contributed by atoms with Crippen LogP contribution < -0.4 is 0 Å². The highest BCUT2D eigenvalue weighted by atomic mass is 32.2. The maximum Gasteiger partial charge on any atom is 0.333 e. The van der Waals surface area contributed by atoms with E-state index in [0.29, 0.717) is 5.57 Å². The van der Waals surface area contributed by atoms with Gasteiger partial charge in [-0.2, -0.15) is 8.42 Å². The molecule has 1 aromatic carbocycles. The Morgan fingerprint density at radius 2 is 1.88 bits per heavy atom. The molecule has 26 heavy (non-hydrogen) atoms. The average Bonchev–Trinajstić information content (AvgIpc) is 3.30. The molecule has 0 radical (unpaired) electrons. The number of hydrogen-bond acceptors (Lipinski definition) is 6. The van der Waals surface area contributed by atoms with E-state index in [4.69, 9.17) is 8.92 Å². The summed E-state index contributed by atoms with van der Waals surface area (Å²) in [6.45, 7) is 5.17. The van der Waals surface area contributed by atoms with Gasteiger partial charge in [-0.25, -0.2) is 4.79 Å². The van der Waals surface area contributed by atoms with E-state index in [0.717, 1.165) is 5.56 Å². The molecular formula is C18H21NO6S. The van der Waals surface area contributed by atoms with Gasteiger partial charge in [-0.1, -0.05) is 17.7 Å². The zero-order valence-corrected chi connectivity index (χ0v) is 15.7. The van der Waals surface area contributed by atoms with Crippen molar-refractivity contribution in [2.24, 2.45) is 0 Å². The van der Waals surface area contributed by atoms with Crippen LogP contribution in [0.3, 0.4) is 0 Å². The molecule has 1 amide bonds. The van der Waals surface area contributed by atoms with Crippen molar-refractivity contribution in [1.29, 1.82) is 0 Å². The molecule has 1 aromatic rings. The molecule has 0 aromatic heterocycles. The molecule has 1 aliphatic carbocycles. The summed E-state index contributed by atoms with van der Waals surface area (Å²) in [6, 6.07) is 5.60. The average molecular weight is 379 g/mol. The van der Waals surface area contributed by atoms with Crippen molar-refractivity contribution in [3.63, 3.8) is 0 Å². The number of nitrogens with zero attached hydrogens (tertiary/aromatic N) is 1. The lowest BCUT2D eigenvalue weighted by Gasteiger charge is -2.20. The largest absolute Gasteiger partial charge is 0.463 e. The summed E-state index contributed by atoms with van der Waals surface area (Å²) in [6.07, 6.45) is 0.928. The van der Waals surface area contributed by atoms with Crippen molar-refractivity contribution in [1.82, 2.24) is 4.90 Å². The van der Waals surface area contributed by atoms with Gasteiger partial charge in [0.25, 0.3) is 10.1 Å². The first-order chi connectivity index (χ1) is 12.2. The Bertz CT molecular complexity index is 858. The lowest BCUT2D eigenvalue weighted by molar-refractivity contribution is -0.139. The molecule has 1 heterocycles. The molecule has 1 aliphatic heterocycles. The molecule has 3 rings (SSSR count). The van der Waals surface area contributed by atoms with Crippen LogP contribution in [0.25, 0.3) is 0 Å². The second-order valence-electron chi connectivity index (χ2n) is 6.43. The maximum absolute atomic E-state index is 12.6. The number of carbonyl (C=O) groups excluding carboxylic acids is 2. The zero-order valence-electron chi connectivity index (χ0n) is 14.8. The van der Waals surface area contributed by atoms with Crippen LogP contribution in [0.4, 0.5) is 0 Å². The van der Waals surface area contributed by atoms with Gasteiger partial charge in [0.05, 0.1) is 23.6 Å². The Kier molecular flexibility index (Phi) is 4.90. The maximum atomic E-state index is 12.6. The Morgan fingerprint density at radius 3 is 2.46 bits per heavy atom. The van der Waals surface area contributed by atoms with Gasteiger partial charge < -0.3 is 9.64 Å². The molecular weight excluding hydrogens is 358 g/mol. The number of benzene rings is 1. The van der Waals surface area contributed by atoms with Crippen molar-refractivity contribution in [2.75, 3.05) is 6.61 Å². The fourth-order valence-corrected chi connectivity index (χ4v) is 4.36. The molecule has 1 saturated heterocycles. The molecule has 0 spiro atoms. The Hall–Kier alpha value is -2.19. The minimum Gasteiger partial charge on any atom is -0.463 e. The predicted octanol–water partition coefficient (Wildman–Crippen LogP) is 1.56. The Balaban J connectivity index is 1.84. The minimum atomic E-state index is -4.01. The molecule has 7 nitrogen and oxygen atoms in total. The lowest BCUT2D eigenvalue weighted by Crippen LogP contribution is -2.31. The number of hydrogen-bond donors (Lipinski definition) is 0. The van der Waals surface area contributed by atoms with Crippen molar-refractivity contribution in [2.45, 2.75) is 50.3 Å². The summed E-state index contributed by atoms with van der Waals surface area (Å²) < 4.78 is 35.6. The normalized spacial score (nSPS) is 24.5. The van der Waals surface area contributed by atoms with Crippen LogP contribution in [-0.4, -0.2) is 50.0 Å². The summed E-state index contributed by atoms with van der Waals surface area (Å²) in [5, 5.41) is 0. The van der Waals surface area contributed by atoms with E-state index in [2.05, 4.69) is 0 Å². The molecule has 1 unspecified atom stereocenters. The monoisotopic (exact) mass is 379 g/mol. The van der Waals surface area contributed by atoms with Gasteiger partial charge in [-0.05, 0) is 32.1 Å². The molecule has 140 valence electrons. The first kappa shape index (κ1) is 18.6. The molecule has 0 saturated carbocycles. The minimum absolute atomic E-state index is 0.0434. The van der Waals surface area contributed by atoms with Crippen LogP contribution in [0.15, 0.2) is 40.8 Å². The summed E-state index contributed by atoms with van der Waals surface area (Å²) in [4.78, 5) is 25.4. The van der Waals surface area contributed by atoms with E-state index < -0.39 is 22.2 Å². The van der Waals surface area contributed by atoms with Crippen molar-refractivity contribution < 1.29 is 26.9 Å². The van der Waals surface area contributed by atoms with Gasteiger partial charge in [-0.15, -0.1) is 0 Å². The smallest absolute Gasteiger partial charge is 0.333 e. The number of ether oxygens (including phenoxy) is 1. The van der Waals surface area contributed by atoms with Crippen molar-refractivity contribution in [3.8, 4) is 0 Å². The second kappa shape index (κ2) is 6.85. The SMILES string of the molecule is CCOC(=O)C1=CC2[C@@H]([C@H](OS(=O)(=O)c3ccc(C)cc3)C1)N2C(C)=O. The van der Waals surface area contributed by atoms with Gasteiger partial charge in [0.2, 0.25) is 5.91 Å². The fraction of sp³-hybridized carbons (Fsp3) is 0.444. The highest BCUT2D eigenvalue weighted by Gasteiger charge is 2.57. The van der Waals surface area contributed by atoms with Gasteiger partial charge >= 0.3 is 5.97 Å². The lowest BCUT2D eigenvalue weighted by atomic mass is 9.97. The summed E-state index contributed by atoms with van der Waals surface area (Å²) in [7, 11) is -4.01. The predicted molar refractivity (Wildman–Crippen MR) is 92.7 cm³/mol. The van der Waals surface area contributed by atoms with Crippen LogP contribution in [0.2, 0.25) is 0 Å². The van der Waals surface area contributed by atoms with E-state index >= 15 is 0 Å². The highest BCUT2D eigenvalue weighted by molar-refractivity contribution is 7.86. The molecule has 1 fully saturated rings. The third-order valence-electron chi connectivity index (χ3n) is 4.54. The Morgan fingerprint density at radius 1 is 1.23 bits per heavy atom. The van der Waals surface area contributed by atoms with Crippen LogP contribution in [-0.2, 0) is 28.6 Å². The van der Waals surface area contributed by atoms with Crippen LogP contribution >= 0.6 is 0 Å². The van der Waals surface area contributed by atoms with Crippen molar-refractivity contribution in [3.05, 3.63) is 41.5 Å². The third-order valence-corrected chi connectivity index (χ3v) is 5.89. The number of carbonyl (C=O) groups is 2. The van der Waals surface area contributed by atoms with Crippen LogP contribution in [0, 0.1) is 6.92 Å². The molecule has 2 aliphatic rings. The first-order valence-corrected chi connectivity index (χ1v) is 9.82. The number of amides is 1. The molecule has 0 N–H and O–H groups in total. The van der Waals surface area contributed by atoms with Gasteiger partial charge in [0.15, 0.2) is 0 Å². The van der Waals surface area contributed by atoms with E-state index in [1.54, 1.807) is 25.1 Å². The number of aryl methyl sites for hydroxylation is 1. The first-order valence-electron chi connectivity index (χ1n) is 8.41. The van der Waals surface area contributed by atoms with Gasteiger partial charge in [0, 0.05) is 18.9 Å². The summed E-state index contributed by atoms with van der Waals surface area (Å²) >= 11 is 0. The summed E-state index contributed by atoms with van der Waals surface area (Å²) in [5.41, 5.74) is 1.26. The number of esters is 1. The quantitative estimate of drug-likeness (QED) is 0.438. The third kappa shape index (κ3) is 3.52. The van der Waals surface area contributed by atoms with E-state index in [1.165, 1.54) is 24.0 Å². The fourth-order valence-electron chi connectivity index (χ4n) is 3.27. The molecule has 8 heteroatoms. The van der Waals surface area contributed by atoms with E-state index in [9.17, 15) is 18.0 Å². The van der Waals surface area contributed by atoms with Crippen LogP contribution in [0.1, 0.15) is 25.8 Å². The van der Waals surface area contributed by atoms with Crippen LogP contribution in [0.5, 0.6) is 0 Å². The van der Waals surface area contributed by atoms with Gasteiger partial charge in [-0.3, -0.25) is 8.98 Å². The van der Waals surface area contributed by atoms with Crippen molar-refractivity contribution >= 4 is 22.0 Å². The summed E-state index contributed by atoms with van der Waals surface area (Å²) in [5.74, 6) is -0.703. The standard InChI is InChI=1S/C18H21NO6S/c1-4-24-18(21)13-9-15-17(19(15)12(3)20)16(10-13)25-26(22,23)14-7-5-11(2)6-8-14/h5-9,15-17H,4,10H2,1-3H3/t15?,16-,17+,19?/m1/s1. The second-order valence-corrected chi connectivity index (χ2v) is 8.00. The molecule has 0 bridgehead atoms. The van der Waals surface area contributed by atoms with Gasteiger partial charge in [0.1, 0.15) is 6.10 Å². The van der Waals surface area contributed by atoms with E-state index in [-0.39, 0.29) is 35.9 Å². The Labute approximate surface area is 152 Å². The zero-order chi connectivity index (χ0) is 19.1. The number of fused-ring (bicyclic) bond motifs is 1. The topological polar surface area (TPSA) is 89.8 Å². The highest BCUT2D eigenvalue weighted by Crippen LogP contribution is 2.42. The van der Waals surface area contributed by atoms with E-state index in [1.807, 2.05) is 6.92 Å². The number of rotatable bonds is 5. The molecule has 3 atom stereocenters.